The molecule has 1 heterocycles. The van der Waals surface area contributed by atoms with E-state index >= 15 is 0 Å². The lowest BCUT2D eigenvalue weighted by molar-refractivity contribution is 0.0512. The van der Waals surface area contributed by atoms with Crippen LogP contribution in [0.25, 0.3) is 11.3 Å². The van der Waals surface area contributed by atoms with Crippen molar-refractivity contribution in [3.8, 4) is 11.3 Å². The van der Waals surface area contributed by atoms with Gasteiger partial charge in [-0.2, -0.15) is 5.10 Å². The van der Waals surface area contributed by atoms with Gasteiger partial charge in [-0.1, -0.05) is 29.3 Å². The van der Waals surface area contributed by atoms with E-state index in [-0.39, 0.29) is 0 Å². The summed E-state index contributed by atoms with van der Waals surface area (Å²) in [4.78, 5) is 11.9. The van der Waals surface area contributed by atoms with Crippen LogP contribution >= 0.6 is 39.1 Å². The highest BCUT2D eigenvalue weighted by Gasteiger charge is 2.22. The molecule has 0 atom stereocenters. The van der Waals surface area contributed by atoms with Crippen LogP contribution in [0.5, 0.6) is 0 Å². The molecule has 20 heavy (non-hydrogen) atoms. The number of carbonyl (C=O) groups is 1. The fraction of sp³-hybridized carbons (Fsp3) is 0.231. The summed E-state index contributed by atoms with van der Waals surface area (Å²) >= 11 is 15.3. The van der Waals surface area contributed by atoms with E-state index in [0.29, 0.717) is 32.5 Å². The zero-order valence-corrected chi connectivity index (χ0v) is 13.9. The van der Waals surface area contributed by atoms with E-state index in [0.717, 1.165) is 5.56 Å². The van der Waals surface area contributed by atoms with Gasteiger partial charge in [-0.05, 0) is 35.0 Å². The SMILES string of the molecule is CCOC(=O)c1c(Br)c(-c2ccc(Cl)c(Cl)c2)nn1C. The average molecular weight is 378 g/mol. The summed E-state index contributed by atoms with van der Waals surface area (Å²) in [5.74, 6) is -0.430. The van der Waals surface area contributed by atoms with Gasteiger partial charge < -0.3 is 4.74 Å². The van der Waals surface area contributed by atoms with Crippen LogP contribution in [0.2, 0.25) is 10.0 Å². The van der Waals surface area contributed by atoms with Crippen molar-refractivity contribution in [2.45, 2.75) is 6.92 Å². The van der Waals surface area contributed by atoms with Gasteiger partial charge >= 0.3 is 5.97 Å². The van der Waals surface area contributed by atoms with Crippen LogP contribution in [-0.4, -0.2) is 22.4 Å². The predicted octanol–water partition coefficient (Wildman–Crippen LogP) is 4.33. The quantitative estimate of drug-likeness (QED) is 0.747. The van der Waals surface area contributed by atoms with Gasteiger partial charge in [-0.25, -0.2) is 4.79 Å². The summed E-state index contributed by atoms with van der Waals surface area (Å²) in [5, 5.41) is 5.22. The Kier molecular flexibility index (Phi) is 4.73. The summed E-state index contributed by atoms with van der Waals surface area (Å²) in [7, 11) is 1.68. The molecule has 1 aromatic heterocycles. The Bertz CT molecular complexity index is 671. The summed E-state index contributed by atoms with van der Waals surface area (Å²) in [6.45, 7) is 2.06. The number of ether oxygens (including phenoxy) is 1. The van der Waals surface area contributed by atoms with Crippen LogP contribution in [0.3, 0.4) is 0 Å². The molecule has 0 saturated carbocycles. The molecule has 0 N–H and O–H groups in total. The van der Waals surface area contributed by atoms with Crippen molar-refractivity contribution >= 4 is 45.1 Å². The molecule has 106 valence electrons. The number of rotatable bonds is 3. The van der Waals surface area contributed by atoms with Gasteiger partial charge in [0, 0.05) is 12.6 Å². The van der Waals surface area contributed by atoms with E-state index in [1.54, 1.807) is 32.2 Å². The number of aryl methyl sites for hydroxylation is 1. The van der Waals surface area contributed by atoms with Crippen LogP contribution in [0.4, 0.5) is 0 Å². The fourth-order valence-electron chi connectivity index (χ4n) is 1.75. The van der Waals surface area contributed by atoms with E-state index in [1.807, 2.05) is 0 Å². The maximum atomic E-state index is 11.9. The van der Waals surface area contributed by atoms with Crippen LogP contribution in [-0.2, 0) is 11.8 Å². The topological polar surface area (TPSA) is 44.1 Å². The first-order valence-electron chi connectivity index (χ1n) is 5.80. The Hall–Kier alpha value is -1.04. The molecule has 2 aromatic rings. The van der Waals surface area contributed by atoms with Gasteiger partial charge in [-0.3, -0.25) is 4.68 Å². The Morgan fingerprint density at radius 2 is 2.10 bits per heavy atom. The highest BCUT2D eigenvalue weighted by Crippen LogP contribution is 2.33. The maximum Gasteiger partial charge on any atom is 0.357 e. The minimum atomic E-state index is -0.430. The molecule has 0 aliphatic carbocycles. The van der Waals surface area contributed by atoms with Crippen LogP contribution in [0, 0.1) is 0 Å². The summed E-state index contributed by atoms with van der Waals surface area (Å²) in [6, 6.07) is 5.17. The first-order valence-corrected chi connectivity index (χ1v) is 7.35. The van der Waals surface area contributed by atoms with E-state index in [9.17, 15) is 4.79 Å². The Morgan fingerprint density at radius 1 is 1.40 bits per heavy atom. The molecule has 0 unspecified atom stereocenters. The van der Waals surface area contributed by atoms with Crippen molar-refractivity contribution < 1.29 is 9.53 Å². The third-order valence-electron chi connectivity index (χ3n) is 2.65. The average Bonchev–Trinajstić information content (AvgIpc) is 2.68. The molecule has 1 aromatic carbocycles. The van der Waals surface area contributed by atoms with Crippen LogP contribution in [0.15, 0.2) is 22.7 Å². The molecule has 0 radical (unpaired) electrons. The zero-order chi connectivity index (χ0) is 14.9. The number of hydrogen-bond acceptors (Lipinski definition) is 3. The lowest BCUT2D eigenvalue weighted by Crippen LogP contribution is -2.10. The van der Waals surface area contributed by atoms with Crippen molar-refractivity contribution in [1.29, 1.82) is 0 Å². The molecule has 0 aliphatic heterocycles. The number of esters is 1. The maximum absolute atomic E-state index is 11.9. The van der Waals surface area contributed by atoms with E-state index < -0.39 is 5.97 Å². The number of aromatic nitrogens is 2. The molecule has 4 nitrogen and oxygen atoms in total. The largest absolute Gasteiger partial charge is 0.461 e. The second kappa shape index (κ2) is 6.16. The van der Waals surface area contributed by atoms with Crippen molar-refractivity contribution in [3.63, 3.8) is 0 Å². The molecule has 2 rings (SSSR count). The van der Waals surface area contributed by atoms with Gasteiger partial charge in [0.1, 0.15) is 5.69 Å². The van der Waals surface area contributed by atoms with Crippen molar-refractivity contribution in [3.05, 3.63) is 38.4 Å². The first-order chi connectivity index (χ1) is 9.45. The number of benzene rings is 1. The van der Waals surface area contributed by atoms with E-state index in [4.69, 9.17) is 27.9 Å². The highest BCUT2D eigenvalue weighted by molar-refractivity contribution is 9.10. The van der Waals surface area contributed by atoms with Crippen molar-refractivity contribution in [2.24, 2.45) is 7.05 Å². The van der Waals surface area contributed by atoms with Crippen LogP contribution < -0.4 is 0 Å². The monoisotopic (exact) mass is 376 g/mol. The molecule has 0 aliphatic rings. The second-order valence-corrected chi connectivity index (χ2v) is 5.59. The molecule has 0 spiro atoms. The lowest BCUT2D eigenvalue weighted by Gasteiger charge is -2.02. The molecule has 0 saturated heterocycles. The minimum Gasteiger partial charge on any atom is -0.461 e. The van der Waals surface area contributed by atoms with Gasteiger partial charge in [-0.15, -0.1) is 0 Å². The molecule has 0 bridgehead atoms. The summed E-state index contributed by atoms with van der Waals surface area (Å²) < 4.78 is 7.04. The van der Waals surface area contributed by atoms with E-state index in [2.05, 4.69) is 21.0 Å². The number of carbonyl (C=O) groups excluding carboxylic acids is 1. The molecule has 7 heteroatoms. The Labute approximate surface area is 134 Å². The number of hydrogen-bond donors (Lipinski definition) is 0. The predicted molar refractivity (Wildman–Crippen MR) is 82.3 cm³/mol. The van der Waals surface area contributed by atoms with Gasteiger partial charge in [0.15, 0.2) is 5.69 Å². The van der Waals surface area contributed by atoms with E-state index in [1.165, 1.54) is 4.68 Å². The van der Waals surface area contributed by atoms with Crippen molar-refractivity contribution in [1.82, 2.24) is 9.78 Å². The third kappa shape index (κ3) is 2.85. The second-order valence-electron chi connectivity index (χ2n) is 3.98. The van der Waals surface area contributed by atoms with Gasteiger partial charge in [0.05, 0.1) is 21.1 Å². The standard InChI is InChI=1S/C13H11BrCl2N2O2/c1-3-20-13(19)12-10(14)11(17-18(12)2)7-4-5-8(15)9(16)6-7/h4-6H,3H2,1-2H3. The molecule has 0 amide bonds. The Balaban J connectivity index is 2.51. The minimum absolute atomic E-state index is 0.304. The van der Waals surface area contributed by atoms with Gasteiger partial charge in [0.25, 0.3) is 0 Å². The summed E-state index contributed by atoms with van der Waals surface area (Å²) in [6.07, 6.45) is 0. The Morgan fingerprint density at radius 3 is 2.70 bits per heavy atom. The molecular formula is C13H11BrCl2N2O2. The normalized spacial score (nSPS) is 10.7. The highest BCUT2D eigenvalue weighted by atomic mass is 79.9. The van der Waals surface area contributed by atoms with Crippen molar-refractivity contribution in [2.75, 3.05) is 6.61 Å². The smallest absolute Gasteiger partial charge is 0.357 e. The third-order valence-corrected chi connectivity index (χ3v) is 4.14. The number of halogens is 3. The zero-order valence-electron chi connectivity index (χ0n) is 10.8. The fourth-order valence-corrected chi connectivity index (χ4v) is 2.77. The first kappa shape index (κ1) is 15.4. The lowest BCUT2D eigenvalue weighted by atomic mass is 10.1. The summed E-state index contributed by atoms with van der Waals surface area (Å²) in [5.41, 5.74) is 1.72. The van der Waals surface area contributed by atoms with Gasteiger partial charge in [0.2, 0.25) is 0 Å². The molecule has 0 fully saturated rings. The van der Waals surface area contributed by atoms with Crippen LogP contribution in [0.1, 0.15) is 17.4 Å². The number of nitrogens with zero attached hydrogens (tertiary/aromatic N) is 2. The molecular weight excluding hydrogens is 367 g/mol.